The topological polar surface area (TPSA) is 80.6 Å². The van der Waals surface area contributed by atoms with Crippen LogP contribution in [0, 0.1) is 0 Å². The SMILES string of the molecule is Brc1ccc(C2(c3nc(-c4ccccc4)nc(-c4ccccc4)n3)c3ccccc3-c3ccccc32)cc1.c1ccc(-c2nc(-c3ccccc3)nc(C3(c4ccc(N(c5ccccc5)c5ccccc5)cc4)c4ccccc4-c4ccccc43)n2)cc1. The number of aromatic nitrogens is 6. The molecule has 0 spiro atoms. The Morgan fingerprint density at radius 1 is 0.227 bits per heavy atom. The summed E-state index contributed by atoms with van der Waals surface area (Å²) in [5.41, 5.74) is 17.2. The maximum absolute atomic E-state index is 5.38. The van der Waals surface area contributed by atoms with Crippen molar-refractivity contribution in [3.05, 3.63) is 377 Å². The third-order valence-corrected chi connectivity index (χ3v) is 17.4. The number of anilines is 3. The minimum Gasteiger partial charge on any atom is -0.311 e. The van der Waals surface area contributed by atoms with Gasteiger partial charge in [-0.15, -0.1) is 0 Å². The first kappa shape index (κ1) is 53.7. The largest absolute Gasteiger partial charge is 0.311 e. The number of fused-ring (bicyclic) bond motifs is 6. The molecule has 0 amide bonds. The molecule has 14 aromatic rings. The normalized spacial score (nSPS) is 12.8. The molecule has 16 rings (SSSR count). The molecule has 0 unspecified atom stereocenters. The highest BCUT2D eigenvalue weighted by Crippen LogP contribution is 2.57. The molecule has 416 valence electrons. The fourth-order valence-electron chi connectivity index (χ4n) is 12.9. The Bertz CT molecular complexity index is 4540. The van der Waals surface area contributed by atoms with Crippen LogP contribution in [0.3, 0.4) is 0 Å². The van der Waals surface area contributed by atoms with E-state index in [9.17, 15) is 0 Å². The molecule has 0 N–H and O–H groups in total. The standard InChI is InChI=1S/C46H32N4.C34H22BrN3/c1-5-17-33(18-6-1)43-47-44(34-19-7-2-8-20-34)49-45(48-43)46(41-27-15-13-25-39(41)40-26-14-16-28-42(40)46)35-29-31-38(32-30-35)50(36-21-9-3-10-22-36)37-23-11-4-12-24-37;35-26-21-19-25(20-22-26)34(29-17-9-7-15-27(29)28-16-8-10-18-30(28)34)33-37-31(23-11-3-1-4-12-23)36-32(38-33)24-13-5-2-6-14-24/h1-32H;1-22H. The minimum atomic E-state index is -0.800. The van der Waals surface area contributed by atoms with Crippen molar-refractivity contribution in [2.24, 2.45) is 0 Å². The fraction of sp³-hybridized carbons (Fsp3) is 0.0250. The number of para-hydroxylation sites is 2. The first-order chi connectivity index (χ1) is 43.6. The van der Waals surface area contributed by atoms with Crippen LogP contribution in [0.15, 0.2) is 332 Å². The van der Waals surface area contributed by atoms with Crippen LogP contribution in [0.5, 0.6) is 0 Å². The molecular formula is C80H54BrN7. The van der Waals surface area contributed by atoms with Crippen molar-refractivity contribution in [2.75, 3.05) is 4.90 Å². The van der Waals surface area contributed by atoms with Crippen molar-refractivity contribution in [2.45, 2.75) is 10.8 Å². The average molecular weight is 1190 g/mol. The Morgan fingerprint density at radius 3 is 0.761 bits per heavy atom. The van der Waals surface area contributed by atoms with Crippen molar-refractivity contribution in [1.29, 1.82) is 0 Å². The third-order valence-electron chi connectivity index (χ3n) is 16.8. The Labute approximate surface area is 520 Å². The Balaban J connectivity index is 0.000000153. The van der Waals surface area contributed by atoms with Gasteiger partial charge in [-0.05, 0) is 104 Å². The maximum Gasteiger partial charge on any atom is 0.163 e. The zero-order valence-electron chi connectivity index (χ0n) is 47.7. The molecule has 7 nitrogen and oxygen atoms in total. The van der Waals surface area contributed by atoms with Gasteiger partial charge >= 0.3 is 0 Å². The van der Waals surface area contributed by atoms with Gasteiger partial charge in [0.15, 0.2) is 34.9 Å². The van der Waals surface area contributed by atoms with Crippen LogP contribution in [-0.4, -0.2) is 29.9 Å². The van der Waals surface area contributed by atoms with Crippen LogP contribution in [0.25, 0.3) is 67.8 Å². The van der Waals surface area contributed by atoms with Gasteiger partial charge in [-0.2, -0.15) is 0 Å². The molecular weight excluding hydrogens is 1140 g/mol. The first-order valence-electron chi connectivity index (χ1n) is 29.5. The van der Waals surface area contributed by atoms with E-state index in [1.165, 1.54) is 33.4 Å². The predicted octanol–water partition coefficient (Wildman–Crippen LogP) is 19.4. The van der Waals surface area contributed by atoms with Crippen LogP contribution >= 0.6 is 15.9 Å². The highest BCUT2D eigenvalue weighted by atomic mass is 79.9. The highest BCUT2D eigenvalue weighted by molar-refractivity contribution is 9.10. The summed E-state index contributed by atoms with van der Waals surface area (Å²) in [5, 5.41) is 0. The van der Waals surface area contributed by atoms with Gasteiger partial charge in [-0.25, -0.2) is 29.9 Å². The van der Waals surface area contributed by atoms with E-state index < -0.39 is 10.8 Å². The van der Waals surface area contributed by atoms with Gasteiger partial charge in [0.25, 0.3) is 0 Å². The quantitative estimate of drug-likeness (QED) is 0.128. The number of nitrogens with zero attached hydrogens (tertiary/aromatic N) is 7. The summed E-state index contributed by atoms with van der Waals surface area (Å²) >= 11 is 3.63. The first-order valence-corrected chi connectivity index (χ1v) is 30.3. The fourth-order valence-corrected chi connectivity index (χ4v) is 13.2. The average Bonchev–Trinajstić information content (AvgIpc) is 1.58. The van der Waals surface area contributed by atoms with Crippen LogP contribution in [0.2, 0.25) is 0 Å². The van der Waals surface area contributed by atoms with E-state index >= 15 is 0 Å². The van der Waals surface area contributed by atoms with E-state index in [4.69, 9.17) is 29.9 Å². The lowest BCUT2D eigenvalue weighted by Crippen LogP contribution is -2.32. The number of benzene rings is 12. The molecule has 0 atom stereocenters. The van der Waals surface area contributed by atoms with Crippen molar-refractivity contribution in [3.8, 4) is 67.8 Å². The third kappa shape index (κ3) is 9.38. The zero-order valence-corrected chi connectivity index (χ0v) is 49.3. The Kier molecular flexibility index (Phi) is 14.1. The van der Waals surface area contributed by atoms with Gasteiger partial charge in [-0.1, -0.05) is 295 Å². The number of hydrogen-bond acceptors (Lipinski definition) is 7. The van der Waals surface area contributed by atoms with Crippen LogP contribution in [-0.2, 0) is 10.8 Å². The van der Waals surface area contributed by atoms with Gasteiger partial charge in [0.1, 0.15) is 10.8 Å². The highest BCUT2D eigenvalue weighted by Gasteiger charge is 2.50. The molecule has 2 aliphatic rings. The van der Waals surface area contributed by atoms with E-state index in [-0.39, 0.29) is 0 Å². The second kappa shape index (κ2) is 23.1. The predicted molar refractivity (Wildman–Crippen MR) is 358 cm³/mol. The van der Waals surface area contributed by atoms with Crippen molar-refractivity contribution in [3.63, 3.8) is 0 Å². The number of hydrogen-bond donors (Lipinski definition) is 0. The molecule has 0 bridgehead atoms. The van der Waals surface area contributed by atoms with Gasteiger partial charge in [0.05, 0.1) is 0 Å². The summed E-state index contributed by atoms with van der Waals surface area (Å²) in [7, 11) is 0. The molecule has 0 fully saturated rings. The maximum atomic E-state index is 5.38. The molecule has 8 heteroatoms. The second-order valence-electron chi connectivity index (χ2n) is 21.8. The van der Waals surface area contributed by atoms with Crippen molar-refractivity contribution >= 4 is 33.0 Å². The Hall–Kier alpha value is -11.1. The Morgan fingerprint density at radius 2 is 0.466 bits per heavy atom. The van der Waals surface area contributed by atoms with Gasteiger partial charge in [-0.3, -0.25) is 0 Å². The van der Waals surface area contributed by atoms with E-state index in [0.29, 0.717) is 34.9 Å². The van der Waals surface area contributed by atoms with E-state index in [1.807, 2.05) is 72.8 Å². The molecule has 0 saturated heterocycles. The van der Waals surface area contributed by atoms with Gasteiger partial charge in [0.2, 0.25) is 0 Å². The zero-order chi connectivity index (χ0) is 58.9. The van der Waals surface area contributed by atoms with Gasteiger partial charge in [0, 0.05) is 43.8 Å². The molecule has 0 radical (unpaired) electrons. The molecule has 2 heterocycles. The smallest absolute Gasteiger partial charge is 0.163 e. The van der Waals surface area contributed by atoms with Crippen molar-refractivity contribution < 1.29 is 0 Å². The summed E-state index contributed by atoms with van der Waals surface area (Å²) in [6, 6.07) is 114. The van der Waals surface area contributed by atoms with Crippen molar-refractivity contribution in [1.82, 2.24) is 29.9 Å². The van der Waals surface area contributed by atoms with Crippen LogP contribution < -0.4 is 4.90 Å². The second-order valence-corrected chi connectivity index (χ2v) is 22.7. The van der Waals surface area contributed by atoms with E-state index in [2.05, 4.69) is 276 Å². The summed E-state index contributed by atoms with van der Waals surface area (Å²) in [6.45, 7) is 0. The lowest BCUT2D eigenvalue weighted by Gasteiger charge is -2.33. The summed E-state index contributed by atoms with van der Waals surface area (Å²) in [4.78, 5) is 33.6. The number of halogens is 1. The van der Waals surface area contributed by atoms with E-state index in [1.54, 1.807) is 0 Å². The van der Waals surface area contributed by atoms with E-state index in [0.717, 1.165) is 66.0 Å². The minimum absolute atomic E-state index is 0.645. The van der Waals surface area contributed by atoms with Crippen LogP contribution in [0.1, 0.15) is 45.0 Å². The summed E-state index contributed by atoms with van der Waals surface area (Å²) in [6.07, 6.45) is 0. The summed E-state index contributed by atoms with van der Waals surface area (Å²) in [5.74, 6) is 4.02. The monoisotopic (exact) mass is 1190 g/mol. The molecule has 12 aromatic carbocycles. The van der Waals surface area contributed by atoms with Gasteiger partial charge < -0.3 is 4.90 Å². The van der Waals surface area contributed by atoms with Crippen LogP contribution in [0.4, 0.5) is 17.1 Å². The molecule has 2 aromatic heterocycles. The molecule has 0 saturated carbocycles. The summed E-state index contributed by atoms with van der Waals surface area (Å²) < 4.78 is 1.03. The molecule has 2 aliphatic carbocycles. The molecule has 0 aliphatic heterocycles. The molecule has 88 heavy (non-hydrogen) atoms. The lowest BCUT2D eigenvalue weighted by molar-refractivity contribution is 0.692. The number of rotatable bonds is 11. The lowest BCUT2D eigenvalue weighted by atomic mass is 9.71.